The second kappa shape index (κ2) is 9.57. The Morgan fingerprint density at radius 1 is 1.11 bits per heavy atom. The lowest BCUT2D eigenvalue weighted by atomic mass is 9.79. The molecule has 2 aromatic rings. The molecule has 150 valence electrons. The van der Waals surface area contributed by atoms with E-state index in [1.165, 1.54) is 0 Å². The molecule has 0 radical (unpaired) electrons. The lowest BCUT2D eigenvalue weighted by Crippen LogP contribution is -2.47. The van der Waals surface area contributed by atoms with Crippen LogP contribution in [-0.4, -0.2) is 46.4 Å². The van der Waals surface area contributed by atoms with Crippen molar-refractivity contribution >= 4 is 17.3 Å². The number of hydrogen-bond acceptors (Lipinski definition) is 5. The molecule has 3 N–H and O–H groups in total. The molecular formula is C22H29N3O3. The number of carbonyl (C=O) groups excluding carboxylic acids is 1. The summed E-state index contributed by atoms with van der Waals surface area (Å²) in [5, 5.41) is 9.83. The molecule has 28 heavy (non-hydrogen) atoms. The third-order valence-electron chi connectivity index (χ3n) is 5.26. The quantitative estimate of drug-likeness (QED) is 0.653. The molecule has 0 unspecified atom stereocenters. The van der Waals surface area contributed by atoms with Crippen molar-refractivity contribution in [3.8, 4) is 5.75 Å². The van der Waals surface area contributed by atoms with E-state index in [0.717, 1.165) is 43.1 Å². The Bertz CT molecular complexity index is 783. The van der Waals surface area contributed by atoms with E-state index in [4.69, 9.17) is 9.47 Å². The molecule has 2 aromatic carbocycles. The van der Waals surface area contributed by atoms with Crippen molar-refractivity contribution in [3.05, 3.63) is 54.1 Å². The predicted octanol–water partition coefficient (Wildman–Crippen LogP) is 3.18. The summed E-state index contributed by atoms with van der Waals surface area (Å²) in [4.78, 5) is 12.9. The minimum atomic E-state index is -0.0833. The molecule has 1 heterocycles. The van der Waals surface area contributed by atoms with Gasteiger partial charge in [-0.3, -0.25) is 4.79 Å². The summed E-state index contributed by atoms with van der Waals surface area (Å²) in [5.74, 6) is 0.680. The molecule has 1 fully saturated rings. The van der Waals surface area contributed by atoms with Gasteiger partial charge in [-0.2, -0.15) is 0 Å². The molecule has 0 aromatic heterocycles. The highest BCUT2D eigenvalue weighted by atomic mass is 16.5. The fraction of sp³-hybridized carbons (Fsp3) is 0.409. The van der Waals surface area contributed by atoms with Gasteiger partial charge in [0.25, 0.3) is 5.91 Å². The number of rotatable bonds is 8. The van der Waals surface area contributed by atoms with E-state index < -0.39 is 0 Å². The van der Waals surface area contributed by atoms with E-state index in [9.17, 15) is 4.79 Å². The molecule has 6 nitrogen and oxygen atoms in total. The number of benzene rings is 2. The van der Waals surface area contributed by atoms with Crippen LogP contribution in [0.15, 0.2) is 48.5 Å². The fourth-order valence-electron chi connectivity index (χ4n) is 3.64. The fourth-order valence-corrected chi connectivity index (χ4v) is 3.64. The highest BCUT2D eigenvalue weighted by Gasteiger charge is 2.32. The summed E-state index contributed by atoms with van der Waals surface area (Å²) in [6, 6.07) is 15.2. The summed E-state index contributed by atoms with van der Waals surface area (Å²) in [7, 11) is 3.36. The van der Waals surface area contributed by atoms with Crippen LogP contribution in [0.4, 0.5) is 11.4 Å². The van der Waals surface area contributed by atoms with Gasteiger partial charge in [-0.1, -0.05) is 18.2 Å². The Morgan fingerprint density at radius 2 is 1.89 bits per heavy atom. The average Bonchev–Trinajstić information content (AvgIpc) is 2.73. The van der Waals surface area contributed by atoms with Crippen molar-refractivity contribution in [2.75, 3.05) is 45.8 Å². The number of ether oxygens (including phenoxy) is 2. The zero-order chi connectivity index (χ0) is 19.8. The van der Waals surface area contributed by atoms with E-state index in [0.29, 0.717) is 18.7 Å². The molecule has 1 aliphatic rings. The SMILES string of the molecule is COCC1(CNC(=O)c2ccccc2Nc2cccc(OC)c2)CCNCC1. The van der Waals surface area contributed by atoms with Gasteiger partial charge in [-0.15, -0.1) is 0 Å². The van der Waals surface area contributed by atoms with Crippen LogP contribution < -0.4 is 20.7 Å². The largest absolute Gasteiger partial charge is 0.497 e. The number of nitrogens with one attached hydrogen (secondary N) is 3. The van der Waals surface area contributed by atoms with Crippen molar-refractivity contribution in [2.45, 2.75) is 12.8 Å². The Kier molecular flexibility index (Phi) is 6.90. The third kappa shape index (κ3) is 5.03. The Hall–Kier alpha value is -2.57. The second-order valence-electron chi connectivity index (χ2n) is 7.27. The molecule has 1 amide bonds. The smallest absolute Gasteiger partial charge is 0.253 e. The molecule has 0 atom stereocenters. The first-order valence-electron chi connectivity index (χ1n) is 9.64. The maximum absolute atomic E-state index is 12.9. The molecule has 0 aliphatic carbocycles. The first-order valence-corrected chi connectivity index (χ1v) is 9.64. The van der Waals surface area contributed by atoms with E-state index >= 15 is 0 Å². The topological polar surface area (TPSA) is 71.6 Å². The second-order valence-corrected chi connectivity index (χ2v) is 7.27. The van der Waals surface area contributed by atoms with Gasteiger partial charge in [0.05, 0.1) is 25.0 Å². The molecule has 1 saturated heterocycles. The monoisotopic (exact) mass is 383 g/mol. The lowest BCUT2D eigenvalue weighted by molar-refractivity contribution is 0.0512. The van der Waals surface area contributed by atoms with Crippen molar-refractivity contribution in [1.29, 1.82) is 0 Å². The van der Waals surface area contributed by atoms with E-state index in [1.807, 2.05) is 48.5 Å². The number of para-hydroxylation sites is 1. The van der Waals surface area contributed by atoms with Crippen LogP contribution in [0.2, 0.25) is 0 Å². The van der Waals surface area contributed by atoms with E-state index in [1.54, 1.807) is 14.2 Å². The van der Waals surface area contributed by atoms with Gasteiger partial charge in [0.15, 0.2) is 0 Å². The minimum absolute atomic E-state index is 0.00910. The van der Waals surface area contributed by atoms with Gasteiger partial charge in [0.1, 0.15) is 5.75 Å². The van der Waals surface area contributed by atoms with Crippen LogP contribution in [0.1, 0.15) is 23.2 Å². The van der Waals surface area contributed by atoms with E-state index in [-0.39, 0.29) is 11.3 Å². The molecule has 0 saturated carbocycles. The highest BCUT2D eigenvalue weighted by Crippen LogP contribution is 2.29. The average molecular weight is 383 g/mol. The number of methoxy groups -OCH3 is 2. The summed E-state index contributed by atoms with van der Waals surface area (Å²) in [6.07, 6.45) is 1.98. The molecule has 1 aliphatic heterocycles. The van der Waals surface area contributed by atoms with Crippen LogP contribution in [0.25, 0.3) is 0 Å². The molecule has 6 heteroatoms. The van der Waals surface area contributed by atoms with Crippen molar-refractivity contribution in [1.82, 2.24) is 10.6 Å². The normalized spacial score (nSPS) is 15.6. The van der Waals surface area contributed by atoms with Crippen LogP contribution in [0.5, 0.6) is 5.75 Å². The van der Waals surface area contributed by atoms with Crippen LogP contribution in [-0.2, 0) is 4.74 Å². The first kappa shape index (κ1) is 20.2. The lowest BCUT2D eigenvalue weighted by Gasteiger charge is -2.37. The summed E-state index contributed by atoms with van der Waals surface area (Å²) in [6.45, 7) is 3.16. The molecule has 3 rings (SSSR count). The summed E-state index contributed by atoms with van der Waals surface area (Å²) >= 11 is 0. The van der Waals surface area contributed by atoms with Crippen molar-refractivity contribution < 1.29 is 14.3 Å². The standard InChI is InChI=1S/C22H29N3O3/c1-27-16-22(10-12-23-13-11-22)15-24-21(26)19-8-3-4-9-20(19)25-17-6-5-7-18(14-17)28-2/h3-9,14,23,25H,10-13,15-16H2,1-2H3,(H,24,26). The van der Waals surface area contributed by atoms with Gasteiger partial charge in [0.2, 0.25) is 0 Å². The number of carbonyl (C=O) groups is 1. The summed E-state index contributed by atoms with van der Waals surface area (Å²) < 4.78 is 10.7. The number of piperidine rings is 1. The maximum Gasteiger partial charge on any atom is 0.253 e. The van der Waals surface area contributed by atoms with Crippen molar-refractivity contribution in [3.63, 3.8) is 0 Å². The van der Waals surface area contributed by atoms with Crippen LogP contribution in [0.3, 0.4) is 0 Å². The van der Waals surface area contributed by atoms with Crippen LogP contribution in [0, 0.1) is 5.41 Å². The van der Waals surface area contributed by atoms with Gasteiger partial charge in [-0.05, 0) is 50.2 Å². The number of amides is 1. The van der Waals surface area contributed by atoms with Gasteiger partial charge < -0.3 is 25.4 Å². The van der Waals surface area contributed by atoms with Crippen molar-refractivity contribution in [2.24, 2.45) is 5.41 Å². The molecule has 0 spiro atoms. The number of hydrogen-bond donors (Lipinski definition) is 3. The predicted molar refractivity (Wildman–Crippen MR) is 111 cm³/mol. The van der Waals surface area contributed by atoms with Gasteiger partial charge >= 0.3 is 0 Å². The first-order chi connectivity index (χ1) is 13.7. The van der Waals surface area contributed by atoms with E-state index in [2.05, 4.69) is 16.0 Å². The zero-order valence-electron chi connectivity index (χ0n) is 16.6. The Morgan fingerprint density at radius 3 is 2.64 bits per heavy atom. The van der Waals surface area contributed by atoms with Crippen LogP contribution >= 0.6 is 0 Å². The number of anilines is 2. The van der Waals surface area contributed by atoms with Gasteiger partial charge in [-0.25, -0.2) is 0 Å². The maximum atomic E-state index is 12.9. The Balaban J connectivity index is 1.71. The minimum Gasteiger partial charge on any atom is -0.497 e. The molecular weight excluding hydrogens is 354 g/mol. The van der Waals surface area contributed by atoms with Gasteiger partial charge in [0, 0.05) is 30.8 Å². The highest BCUT2D eigenvalue weighted by molar-refractivity contribution is 6.00. The Labute approximate surface area is 166 Å². The molecule has 0 bridgehead atoms. The zero-order valence-corrected chi connectivity index (χ0v) is 16.6. The summed E-state index contributed by atoms with van der Waals surface area (Å²) in [5.41, 5.74) is 2.24. The third-order valence-corrected chi connectivity index (χ3v) is 5.26.